The summed E-state index contributed by atoms with van der Waals surface area (Å²) in [5.41, 5.74) is 0.158. The van der Waals surface area contributed by atoms with Crippen LogP contribution in [0.4, 0.5) is 5.69 Å². The molecule has 2 N–H and O–H groups in total. The van der Waals surface area contributed by atoms with Crippen molar-refractivity contribution in [3.05, 3.63) is 33.9 Å². The number of nitro groups is 1. The maximum Gasteiger partial charge on any atom is 0.273 e. The normalized spacial score (nSPS) is 13.2. The molecule has 106 valence electrons. The Morgan fingerprint density at radius 3 is 2.63 bits per heavy atom. The van der Waals surface area contributed by atoms with Gasteiger partial charge in [0.2, 0.25) is 10.0 Å². The molecule has 1 aromatic rings. The van der Waals surface area contributed by atoms with Gasteiger partial charge < -0.3 is 5.11 Å². The molecule has 0 saturated heterocycles. The number of nitrogens with zero attached hydrogens (tertiary/aromatic N) is 1. The number of hydrogen-bond donors (Lipinski definition) is 2. The highest BCUT2D eigenvalue weighted by Crippen LogP contribution is 2.22. The van der Waals surface area contributed by atoms with Crippen molar-refractivity contribution < 1.29 is 18.4 Å². The average molecular weight is 288 g/mol. The van der Waals surface area contributed by atoms with E-state index in [0.717, 1.165) is 6.07 Å². The zero-order chi connectivity index (χ0) is 14.6. The van der Waals surface area contributed by atoms with Gasteiger partial charge in [-0.3, -0.25) is 10.1 Å². The van der Waals surface area contributed by atoms with Crippen LogP contribution in [-0.2, 0) is 10.0 Å². The minimum absolute atomic E-state index is 0.0699. The zero-order valence-corrected chi connectivity index (χ0v) is 11.5. The van der Waals surface area contributed by atoms with Crippen LogP contribution < -0.4 is 4.72 Å². The van der Waals surface area contributed by atoms with Crippen molar-refractivity contribution in [3.8, 4) is 0 Å². The van der Waals surface area contributed by atoms with Crippen molar-refractivity contribution >= 4 is 15.7 Å². The Morgan fingerprint density at radius 2 is 2.11 bits per heavy atom. The molecule has 0 amide bonds. The monoisotopic (exact) mass is 288 g/mol. The van der Waals surface area contributed by atoms with Crippen LogP contribution in [0.15, 0.2) is 23.1 Å². The number of aliphatic hydroxyl groups excluding tert-OH is 1. The molecular weight excluding hydrogens is 272 g/mol. The highest BCUT2D eigenvalue weighted by molar-refractivity contribution is 7.89. The fourth-order valence-corrected chi connectivity index (χ4v) is 2.54. The Hall–Kier alpha value is -1.51. The first kappa shape index (κ1) is 15.5. The number of benzene rings is 1. The number of sulfonamides is 1. The second kappa shape index (κ2) is 6.09. The Labute approximate surface area is 111 Å². The lowest BCUT2D eigenvalue weighted by atomic mass is 10.2. The van der Waals surface area contributed by atoms with Gasteiger partial charge in [0.25, 0.3) is 5.69 Å². The van der Waals surface area contributed by atoms with Gasteiger partial charge in [0.05, 0.1) is 9.82 Å². The van der Waals surface area contributed by atoms with E-state index in [1.54, 1.807) is 6.92 Å². The van der Waals surface area contributed by atoms with Gasteiger partial charge in [0.1, 0.15) is 0 Å². The fourth-order valence-electron chi connectivity index (χ4n) is 1.35. The molecule has 0 saturated carbocycles. The molecule has 0 spiro atoms. The van der Waals surface area contributed by atoms with Crippen molar-refractivity contribution in [1.82, 2.24) is 4.72 Å². The minimum atomic E-state index is -3.80. The van der Waals surface area contributed by atoms with Crippen LogP contribution >= 0.6 is 0 Å². The summed E-state index contributed by atoms with van der Waals surface area (Å²) in [4.78, 5) is 9.99. The SMILES string of the molecule is Cc1ccc(S(=O)(=O)NCC(C)CO)cc1[N+](=O)[O-]. The van der Waals surface area contributed by atoms with Gasteiger partial charge in [-0.25, -0.2) is 13.1 Å². The topological polar surface area (TPSA) is 110 Å². The Kier molecular flexibility index (Phi) is 4.98. The highest BCUT2D eigenvalue weighted by atomic mass is 32.2. The van der Waals surface area contributed by atoms with Crippen LogP contribution in [0, 0.1) is 23.0 Å². The molecule has 1 unspecified atom stereocenters. The Morgan fingerprint density at radius 1 is 1.47 bits per heavy atom. The van der Waals surface area contributed by atoms with E-state index in [1.165, 1.54) is 19.1 Å². The summed E-state index contributed by atoms with van der Waals surface area (Å²) in [6.07, 6.45) is 0. The lowest BCUT2D eigenvalue weighted by molar-refractivity contribution is -0.385. The van der Waals surface area contributed by atoms with Gasteiger partial charge in [0, 0.05) is 24.8 Å². The molecule has 8 heteroatoms. The van der Waals surface area contributed by atoms with Crippen molar-refractivity contribution in [3.63, 3.8) is 0 Å². The second-order valence-corrected chi connectivity index (χ2v) is 6.11. The van der Waals surface area contributed by atoms with Gasteiger partial charge in [0.15, 0.2) is 0 Å². The van der Waals surface area contributed by atoms with Crippen molar-refractivity contribution in [2.24, 2.45) is 5.92 Å². The van der Waals surface area contributed by atoms with E-state index in [4.69, 9.17) is 5.11 Å². The van der Waals surface area contributed by atoms with E-state index >= 15 is 0 Å². The van der Waals surface area contributed by atoms with Crippen molar-refractivity contribution in [2.45, 2.75) is 18.7 Å². The molecule has 1 atom stereocenters. The van der Waals surface area contributed by atoms with E-state index in [9.17, 15) is 18.5 Å². The summed E-state index contributed by atoms with van der Waals surface area (Å²) in [5.74, 6) is -0.227. The highest BCUT2D eigenvalue weighted by Gasteiger charge is 2.20. The molecule has 19 heavy (non-hydrogen) atoms. The minimum Gasteiger partial charge on any atom is -0.396 e. The molecule has 0 bridgehead atoms. The third-order valence-corrected chi connectivity index (χ3v) is 4.04. The first-order valence-corrected chi connectivity index (χ1v) is 7.12. The number of rotatable bonds is 6. The molecule has 0 aliphatic heterocycles. The van der Waals surface area contributed by atoms with Crippen LogP contribution in [-0.4, -0.2) is 31.6 Å². The van der Waals surface area contributed by atoms with Crippen molar-refractivity contribution in [1.29, 1.82) is 0 Å². The smallest absolute Gasteiger partial charge is 0.273 e. The zero-order valence-electron chi connectivity index (χ0n) is 10.7. The van der Waals surface area contributed by atoms with E-state index in [-0.39, 0.29) is 29.7 Å². The molecule has 0 aromatic heterocycles. The standard InChI is InChI=1S/C11H16N2O5S/c1-8(7-14)6-12-19(17,18)10-4-3-9(2)11(5-10)13(15)16/h3-5,8,12,14H,6-7H2,1-2H3. The number of nitrogens with one attached hydrogen (secondary N) is 1. The summed E-state index contributed by atoms with van der Waals surface area (Å²) in [5, 5.41) is 19.6. The molecular formula is C11H16N2O5S. The number of hydrogen-bond acceptors (Lipinski definition) is 5. The Balaban J connectivity index is 3.02. The van der Waals surface area contributed by atoms with Crippen LogP contribution in [0.1, 0.15) is 12.5 Å². The number of aliphatic hydroxyl groups is 1. The first-order valence-electron chi connectivity index (χ1n) is 5.63. The van der Waals surface area contributed by atoms with E-state index < -0.39 is 14.9 Å². The molecule has 0 aliphatic rings. The first-order chi connectivity index (χ1) is 8.77. The lowest BCUT2D eigenvalue weighted by Crippen LogP contribution is -2.29. The summed E-state index contributed by atoms with van der Waals surface area (Å²) >= 11 is 0. The largest absolute Gasteiger partial charge is 0.396 e. The van der Waals surface area contributed by atoms with Crippen LogP contribution in [0.2, 0.25) is 0 Å². The molecule has 7 nitrogen and oxygen atoms in total. The predicted molar refractivity (Wildman–Crippen MR) is 69.3 cm³/mol. The Bertz CT molecular complexity index is 570. The molecule has 1 aromatic carbocycles. The van der Waals surface area contributed by atoms with E-state index in [2.05, 4.69) is 4.72 Å². The molecule has 0 aliphatic carbocycles. The lowest BCUT2D eigenvalue weighted by Gasteiger charge is -2.10. The molecule has 0 radical (unpaired) electrons. The third kappa shape index (κ3) is 3.98. The quantitative estimate of drug-likeness (QED) is 0.594. The summed E-state index contributed by atoms with van der Waals surface area (Å²) in [6.45, 7) is 3.15. The molecule has 0 heterocycles. The summed E-state index contributed by atoms with van der Waals surface area (Å²) in [7, 11) is -3.80. The molecule has 0 fully saturated rings. The van der Waals surface area contributed by atoms with Gasteiger partial charge in [-0.05, 0) is 18.9 Å². The maximum absolute atomic E-state index is 11.9. The van der Waals surface area contributed by atoms with Gasteiger partial charge >= 0.3 is 0 Å². The predicted octanol–water partition coefficient (Wildman–Crippen LogP) is 0.810. The second-order valence-electron chi connectivity index (χ2n) is 4.35. The van der Waals surface area contributed by atoms with Crippen LogP contribution in [0.3, 0.4) is 0 Å². The van der Waals surface area contributed by atoms with E-state index in [0.29, 0.717) is 5.56 Å². The average Bonchev–Trinajstić information content (AvgIpc) is 2.35. The third-order valence-electron chi connectivity index (χ3n) is 2.62. The van der Waals surface area contributed by atoms with E-state index in [1.807, 2.05) is 0 Å². The number of aryl methyl sites for hydroxylation is 1. The maximum atomic E-state index is 11.9. The van der Waals surface area contributed by atoms with Gasteiger partial charge in [-0.15, -0.1) is 0 Å². The summed E-state index contributed by atoms with van der Waals surface area (Å²) in [6, 6.07) is 3.73. The summed E-state index contributed by atoms with van der Waals surface area (Å²) < 4.78 is 26.1. The fraction of sp³-hybridized carbons (Fsp3) is 0.455. The van der Waals surface area contributed by atoms with Gasteiger partial charge in [-0.2, -0.15) is 0 Å². The van der Waals surface area contributed by atoms with Crippen LogP contribution in [0.5, 0.6) is 0 Å². The van der Waals surface area contributed by atoms with Crippen LogP contribution in [0.25, 0.3) is 0 Å². The van der Waals surface area contributed by atoms with Gasteiger partial charge in [-0.1, -0.05) is 13.0 Å². The molecule has 1 rings (SSSR count). The van der Waals surface area contributed by atoms with Crippen molar-refractivity contribution in [2.75, 3.05) is 13.2 Å². The number of nitro benzene ring substituents is 1.